The third-order valence-corrected chi connectivity index (χ3v) is 5.48. The summed E-state index contributed by atoms with van der Waals surface area (Å²) in [5.41, 5.74) is 0.791. The van der Waals surface area contributed by atoms with Crippen molar-refractivity contribution < 1.29 is 9.32 Å². The van der Waals surface area contributed by atoms with Crippen LogP contribution in [0.25, 0.3) is 11.4 Å². The summed E-state index contributed by atoms with van der Waals surface area (Å²) in [6, 6.07) is 8.83. The van der Waals surface area contributed by atoms with E-state index < -0.39 is 0 Å². The van der Waals surface area contributed by atoms with Gasteiger partial charge in [0.15, 0.2) is 11.6 Å². The average Bonchev–Trinajstić information content (AvgIpc) is 3.25. The highest BCUT2D eigenvalue weighted by atomic mass is 35.5. The molecule has 0 aliphatic rings. The fraction of sp³-hybridized carbons (Fsp3) is 0.333. The maximum absolute atomic E-state index is 12.7. The molecule has 2 aromatic heterocycles. The van der Waals surface area contributed by atoms with Gasteiger partial charge in [-0.05, 0) is 37.6 Å². The summed E-state index contributed by atoms with van der Waals surface area (Å²) >= 11 is 7.21. The Morgan fingerprint density at radius 2 is 2.11 bits per heavy atom. The van der Waals surface area contributed by atoms with E-state index in [1.807, 2.05) is 12.1 Å². The van der Waals surface area contributed by atoms with Gasteiger partial charge >= 0.3 is 0 Å². The molecule has 1 atom stereocenters. The van der Waals surface area contributed by atoms with Crippen molar-refractivity contribution >= 4 is 35.1 Å². The second-order valence-electron chi connectivity index (χ2n) is 6.24. The van der Waals surface area contributed by atoms with Gasteiger partial charge in [-0.3, -0.25) is 4.79 Å². The monoisotopic (exact) mass is 420 g/mol. The maximum Gasteiger partial charge on any atom is 0.239 e. The van der Waals surface area contributed by atoms with E-state index in [0.717, 1.165) is 18.4 Å². The molecule has 2 heterocycles. The number of amides is 1. The molecule has 1 unspecified atom stereocenters. The summed E-state index contributed by atoms with van der Waals surface area (Å²) in [7, 11) is 0. The van der Waals surface area contributed by atoms with Crippen molar-refractivity contribution in [1.29, 1.82) is 0 Å². The summed E-state index contributed by atoms with van der Waals surface area (Å²) in [6.07, 6.45) is 2.54. The summed E-state index contributed by atoms with van der Waals surface area (Å²) < 4.78 is 6.39. The van der Waals surface area contributed by atoms with E-state index in [1.165, 1.54) is 16.4 Å². The number of benzene rings is 1. The van der Waals surface area contributed by atoms with Crippen molar-refractivity contribution in [2.75, 3.05) is 11.2 Å². The van der Waals surface area contributed by atoms with Gasteiger partial charge in [0.05, 0.1) is 5.25 Å². The number of aromatic nitrogens is 4. The third-order valence-electron chi connectivity index (χ3n) is 4.01. The number of hydrogen-bond acceptors (Lipinski definition) is 7. The maximum atomic E-state index is 12.7. The zero-order valence-corrected chi connectivity index (χ0v) is 17.1. The van der Waals surface area contributed by atoms with E-state index in [9.17, 15) is 4.79 Å². The standard InChI is InChI=1S/C18H21ClN6O2S/c1-3-4-5-14(17(26)21-15-10-11(2)27-24-15)28-18-23-22-16(25(18)20)12-6-8-13(19)9-7-12/h6-10,14H,3-5,20H2,1-2H3,(H,21,24,26). The van der Waals surface area contributed by atoms with Gasteiger partial charge in [-0.15, -0.1) is 10.2 Å². The Hall–Kier alpha value is -2.52. The van der Waals surface area contributed by atoms with Crippen LogP contribution >= 0.6 is 23.4 Å². The number of nitrogens with one attached hydrogen (secondary N) is 1. The third kappa shape index (κ3) is 4.85. The predicted molar refractivity (Wildman–Crippen MR) is 110 cm³/mol. The van der Waals surface area contributed by atoms with Crippen LogP contribution in [-0.2, 0) is 4.79 Å². The van der Waals surface area contributed by atoms with Crippen molar-refractivity contribution in [3.05, 3.63) is 41.1 Å². The number of halogens is 1. The number of anilines is 1. The first-order valence-corrected chi connectivity index (χ1v) is 10.1. The number of carbonyl (C=O) groups is 1. The van der Waals surface area contributed by atoms with Crippen LogP contribution < -0.4 is 11.2 Å². The molecule has 3 rings (SSSR count). The van der Waals surface area contributed by atoms with E-state index in [4.69, 9.17) is 22.0 Å². The molecule has 3 aromatic rings. The van der Waals surface area contributed by atoms with Crippen LogP contribution in [0.3, 0.4) is 0 Å². The van der Waals surface area contributed by atoms with Crippen LogP contribution in [0, 0.1) is 6.92 Å². The number of rotatable bonds is 8. The van der Waals surface area contributed by atoms with Gasteiger partial charge in [0.1, 0.15) is 5.76 Å². The molecular formula is C18H21ClN6O2S. The number of nitrogens with zero attached hydrogens (tertiary/aromatic N) is 4. The Bertz CT molecular complexity index is 940. The van der Waals surface area contributed by atoms with Gasteiger partial charge in [-0.1, -0.05) is 48.3 Å². The van der Waals surface area contributed by atoms with Gasteiger partial charge < -0.3 is 15.7 Å². The second kappa shape index (κ2) is 9.11. The number of nitrogen functional groups attached to an aromatic ring is 1. The van der Waals surface area contributed by atoms with Gasteiger partial charge in [-0.25, -0.2) is 4.68 Å². The van der Waals surface area contributed by atoms with E-state index >= 15 is 0 Å². The molecule has 0 radical (unpaired) electrons. The fourth-order valence-electron chi connectivity index (χ4n) is 2.55. The highest BCUT2D eigenvalue weighted by Gasteiger charge is 2.24. The zero-order chi connectivity index (χ0) is 20.1. The van der Waals surface area contributed by atoms with Gasteiger partial charge in [-0.2, -0.15) is 0 Å². The summed E-state index contributed by atoms with van der Waals surface area (Å²) in [4.78, 5) is 12.7. The molecular weight excluding hydrogens is 400 g/mol. The van der Waals surface area contributed by atoms with E-state index in [2.05, 4.69) is 27.6 Å². The van der Waals surface area contributed by atoms with E-state index in [-0.39, 0.29) is 11.2 Å². The second-order valence-corrected chi connectivity index (χ2v) is 7.85. The number of aryl methyl sites for hydroxylation is 1. The van der Waals surface area contributed by atoms with Crippen molar-refractivity contribution in [1.82, 2.24) is 20.0 Å². The van der Waals surface area contributed by atoms with Crippen molar-refractivity contribution in [3.8, 4) is 11.4 Å². The number of nitrogens with two attached hydrogens (primary N) is 1. The van der Waals surface area contributed by atoms with Crippen molar-refractivity contribution in [2.24, 2.45) is 0 Å². The molecule has 28 heavy (non-hydrogen) atoms. The van der Waals surface area contributed by atoms with Crippen molar-refractivity contribution in [2.45, 2.75) is 43.5 Å². The first-order valence-electron chi connectivity index (χ1n) is 8.85. The zero-order valence-electron chi connectivity index (χ0n) is 15.6. The average molecular weight is 421 g/mol. The molecule has 0 saturated carbocycles. The predicted octanol–water partition coefficient (Wildman–Crippen LogP) is 3.90. The van der Waals surface area contributed by atoms with Gasteiger partial charge in [0, 0.05) is 16.7 Å². The Balaban J connectivity index is 1.77. The summed E-state index contributed by atoms with van der Waals surface area (Å²) in [5.74, 6) is 7.52. The number of unbranched alkanes of at least 4 members (excludes halogenated alkanes) is 1. The molecule has 1 amide bonds. The molecule has 0 spiro atoms. The Kier molecular flexibility index (Phi) is 6.58. The smallest absolute Gasteiger partial charge is 0.239 e. The molecule has 0 saturated heterocycles. The largest absolute Gasteiger partial charge is 0.360 e. The minimum absolute atomic E-state index is 0.178. The Morgan fingerprint density at radius 1 is 1.36 bits per heavy atom. The lowest BCUT2D eigenvalue weighted by Gasteiger charge is -2.14. The molecule has 10 heteroatoms. The molecule has 0 aliphatic carbocycles. The van der Waals surface area contributed by atoms with Gasteiger partial charge in [0.25, 0.3) is 0 Å². The van der Waals surface area contributed by atoms with Crippen LogP contribution in [0.1, 0.15) is 31.9 Å². The molecule has 8 nitrogen and oxygen atoms in total. The SMILES string of the molecule is CCCCC(Sc1nnc(-c2ccc(Cl)cc2)n1N)C(=O)Nc1cc(C)on1. The quantitative estimate of drug-likeness (QED) is 0.419. The fourth-order valence-corrected chi connectivity index (χ4v) is 3.66. The van der Waals surface area contributed by atoms with E-state index in [0.29, 0.717) is 34.0 Å². The lowest BCUT2D eigenvalue weighted by Crippen LogP contribution is -2.26. The molecule has 1 aromatic carbocycles. The summed E-state index contributed by atoms with van der Waals surface area (Å²) in [6.45, 7) is 3.84. The normalized spacial score (nSPS) is 12.1. The van der Waals surface area contributed by atoms with Crippen LogP contribution in [0.2, 0.25) is 5.02 Å². The Labute approximate surface area is 171 Å². The highest BCUT2D eigenvalue weighted by molar-refractivity contribution is 8.00. The van der Waals surface area contributed by atoms with Crippen LogP contribution in [-0.4, -0.2) is 31.2 Å². The van der Waals surface area contributed by atoms with Crippen LogP contribution in [0.4, 0.5) is 5.82 Å². The lowest BCUT2D eigenvalue weighted by molar-refractivity contribution is -0.115. The molecule has 0 bridgehead atoms. The number of carbonyl (C=O) groups excluding carboxylic acids is 1. The number of thioether (sulfide) groups is 1. The summed E-state index contributed by atoms with van der Waals surface area (Å²) in [5, 5.41) is 15.6. The first kappa shape index (κ1) is 20.2. The van der Waals surface area contributed by atoms with Crippen LogP contribution in [0.5, 0.6) is 0 Å². The highest BCUT2D eigenvalue weighted by Crippen LogP contribution is 2.28. The molecule has 148 valence electrons. The lowest BCUT2D eigenvalue weighted by atomic mass is 10.2. The minimum atomic E-state index is -0.387. The minimum Gasteiger partial charge on any atom is -0.360 e. The first-order chi connectivity index (χ1) is 13.5. The van der Waals surface area contributed by atoms with E-state index in [1.54, 1.807) is 25.1 Å². The molecule has 3 N–H and O–H groups in total. The Morgan fingerprint density at radius 3 is 2.75 bits per heavy atom. The van der Waals surface area contributed by atoms with Crippen LogP contribution in [0.15, 0.2) is 40.0 Å². The van der Waals surface area contributed by atoms with Crippen molar-refractivity contribution in [3.63, 3.8) is 0 Å². The number of hydrogen-bond donors (Lipinski definition) is 2. The molecule has 0 aliphatic heterocycles. The molecule has 0 fully saturated rings. The van der Waals surface area contributed by atoms with Gasteiger partial charge in [0.2, 0.25) is 11.1 Å². The topological polar surface area (TPSA) is 112 Å².